The Morgan fingerprint density at radius 2 is 1.49 bits per heavy atom. The van der Waals surface area contributed by atoms with Crippen molar-refractivity contribution in [1.29, 1.82) is 0 Å². The van der Waals surface area contributed by atoms with Gasteiger partial charge in [0, 0.05) is 33.6 Å². The predicted octanol–water partition coefficient (Wildman–Crippen LogP) is 6.52. The van der Waals surface area contributed by atoms with Gasteiger partial charge in [0.25, 0.3) is 0 Å². The summed E-state index contributed by atoms with van der Waals surface area (Å²) in [6.45, 7) is 2.47. The van der Waals surface area contributed by atoms with E-state index in [0.29, 0.717) is 102 Å². The first-order valence-corrected chi connectivity index (χ1v) is 18.4. The number of benzene rings is 5. The second-order valence-electron chi connectivity index (χ2n) is 15.2. The third-order valence-corrected chi connectivity index (χ3v) is 12.2. The number of carbonyl (C=O) groups excluding carboxylic acids is 1. The van der Waals surface area contributed by atoms with Crippen LogP contribution in [0.1, 0.15) is 105 Å². The standard InChI is InChI=1S/C42H45NO8/c1-19-13-26-27(14-21-7-5-4-6-8-21)40(49)34-28(43-24-9-11-25(47)12-10-24)15-22(17-44)31-32-23(18-45)16-29(48)35-37(32)38(33(26)36(31)34)39(30(19)20(2)46)42(51-3)41(35)50/h13,15-16,21,24-25,30,43-45,47,50H,4-12,14,17-18H2,1-3H3. The third kappa shape index (κ3) is 5.03. The molecule has 0 bridgehead atoms. The van der Waals surface area contributed by atoms with E-state index < -0.39 is 24.6 Å². The van der Waals surface area contributed by atoms with Crippen molar-refractivity contribution < 1.29 is 30.0 Å². The number of aromatic hydroxyl groups is 1. The summed E-state index contributed by atoms with van der Waals surface area (Å²) >= 11 is 0. The van der Waals surface area contributed by atoms with Gasteiger partial charge >= 0.3 is 0 Å². The molecule has 9 nitrogen and oxygen atoms in total. The van der Waals surface area contributed by atoms with E-state index in [4.69, 9.17) is 4.74 Å². The lowest BCUT2D eigenvalue weighted by atomic mass is 9.77. The molecular formula is C42H45NO8. The number of carbonyl (C=O) groups is 1. The number of ether oxygens (including phenoxy) is 1. The summed E-state index contributed by atoms with van der Waals surface area (Å²) in [5.74, 6) is -1.07. The van der Waals surface area contributed by atoms with Gasteiger partial charge in [0.2, 0.25) is 0 Å². The minimum Gasteiger partial charge on any atom is -0.504 e. The maximum atomic E-state index is 15.3. The molecule has 9 heteroatoms. The zero-order valence-electron chi connectivity index (χ0n) is 29.4. The van der Waals surface area contributed by atoms with E-state index >= 15 is 4.79 Å². The normalized spacial score (nSPS) is 21.2. The first kappa shape index (κ1) is 33.8. The molecule has 1 atom stereocenters. The Kier molecular flexibility index (Phi) is 8.44. The zero-order valence-corrected chi connectivity index (χ0v) is 29.4. The molecule has 3 aliphatic carbocycles. The Balaban J connectivity index is 1.66. The van der Waals surface area contributed by atoms with Crippen LogP contribution in [0.4, 0.5) is 5.69 Å². The highest BCUT2D eigenvalue weighted by Gasteiger charge is 2.37. The molecule has 0 radical (unpaired) electrons. The molecule has 1 unspecified atom stereocenters. The van der Waals surface area contributed by atoms with Crippen molar-refractivity contribution in [3.63, 3.8) is 0 Å². The lowest BCUT2D eigenvalue weighted by Gasteiger charge is -2.29. The van der Waals surface area contributed by atoms with E-state index in [-0.39, 0.29) is 40.2 Å². The Morgan fingerprint density at radius 1 is 0.843 bits per heavy atom. The van der Waals surface area contributed by atoms with Crippen molar-refractivity contribution in [3.8, 4) is 11.5 Å². The lowest BCUT2D eigenvalue weighted by molar-refractivity contribution is -0.117. The van der Waals surface area contributed by atoms with Crippen LogP contribution in [0.15, 0.2) is 27.3 Å². The van der Waals surface area contributed by atoms with Crippen LogP contribution in [-0.2, 0) is 24.4 Å². The minimum atomic E-state index is -0.847. The number of methoxy groups -OCH3 is 1. The second-order valence-corrected chi connectivity index (χ2v) is 15.2. The molecule has 0 aromatic heterocycles. The van der Waals surface area contributed by atoms with Crippen molar-refractivity contribution in [2.24, 2.45) is 5.92 Å². The first-order chi connectivity index (χ1) is 24.6. The Morgan fingerprint density at radius 3 is 2.12 bits per heavy atom. The molecule has 3 aliphatic rings. The van der Waals surface area contributed by atoms with Crippen LogP contribution in [0, 0.1) is 5.92 Å². The van der Waals surface area contributed by atoms with Crippen molar-refractivity contribution >= 4 is 60.6 Å². The molecule has 0 heterocycles. The number of allylic oxidation sites excluding steroid dienone is 1. The van der Waals surface area contributed by atoms with E-state index in [1.165, 1.54) is 26.5 Å². The molecule has 0 amide bonds. The molecular weight excluding hydrogens is 646 g/mol. The number of ketones is 1. The SMILES string of the molecule is COc1c(O)c2c(=O)cc(CO)c3c4c(CO)cc(NC5CCC(O)CC5)c5c(=O)c(CC6CCCCC6)c6c(c(c1C(C(C)=O)C(C)=C6)c23)c54. The summed E-state index contributed by atoms with van der Waals surface area (Å²) in [6, 6.07) is 3.13. The number of aliphatic hydroxyl groups excluding tert-OH is 3. The van der Waals surface area contributed by atoms with Crippen molar-refractivity contribution in [3.05, 3.63) is 66.0 Å². The molecule has 8 rings (SSSR count). The van der Waals surface area contributed by atoms with Gasteiger partial charge in [0.05, 0.1) is 43.1 Å². The van der Waals surface area contributed by atoms with Gasteiger partial charge in [-0.1, -0.05) is 43.8 Å². The number of aliphatic hydroxyl groups is 3. The van der Waals surface area contributed by atoms with Gasteiger partial charge < -0.3 is 30.5 Å². The summed E-state index contributed by atoms with van der Waals surface area (Å²) in [5, 5.41) is 51.3. The number of anilines is 1. The van der Waals surface area contributed by atoms with Gasteiger partial charge in [0.15, 0.2) is 22.4 Å². The molecule has 2 saturated carbocycles. The fourth-order valence-electron chi connectivity index (χ4n) is 9.95. The topological polar surface area (TPSA) is 153 Å². The van der Waals surface area contributed by atoms with Gasteiger partial charge in [-0.2, -0.15) is 0 Å². The average molecular weight is 692 g/mol. The molecule has 0 spiro atoms. The highest BCUT2D eigenvalue weighted by molar-refractivity contribution is 6.39. The smallest absolute Gasteiger partial charge is 0.192 e. The summed E-state index contributed by atoms with van der Waals surface area (Å²) in [7, 11) is 1.41. The monoisotopic (exact) mass is 691 g/mol. The number of nitrogens with one attached hydrogen (secondary N) is 1. The molecule has 5 N–H and O–H groups in total. The highest BCUT2D eigenvalue weighted by Crippen LogP contribution is 2.55. The fourth-order valence-corrected chi connectivity index (χ4v) is 9.95. The van der Waals surface area contributed by atoms with Crippen molar-refractivity contribution in [1.82, 2.24) is 0 Å². The largest absolute Gasteiger partial charge is 0.504 e. The number of phenolic OH excluding ortho intramolecular Hbond substituents is 1. The number of Topliss-reactive ketones (excluding diaryl/α,β-unsaturated/α-hetero) is 1. The minimum absolute atomic E-state index is 0.000478. The summed E-state index contributed by atoms with van der Waals surface area (Å²) in [4.78, 5) is 43.0. The van der Waals surface area contributed by atoms with E-state index in [9.17, 15) is 30.0 Å². The van der Waals surface area contributed by atoms with Gasteiger partial charge in [-0.15, -0.1) is 0 Å². The number of phenols is 1. The molecule has 51 heavy (non-hydrogen) atoms. The van der Waals surface area contributed by atoms with E-state index in [0.717, 1.165) is 38.5 Å². The predicted molar refractivity (Wildman–Crippen MR) is 201 cm³/mol. The van der Waals surface area contributed by atoms with Crippen LogP contribution in [-0.4, -0.2) is 45.5 Å². The van der Waals surface area contributed by atoms with Crippen molar-refractivity contribution in [2.75, 3.05) is 12.4 Å². The molecule has 266 valence electrons. The van der Waals surface area contributed by atoms with Crippen LogP contribution in [0.5, 0.6) is 11.5 Å². The Hall–Kier alpha value is -4.31. The van der Waals surface area contributed by atoms with Gasteiger partial charge in [0.1, 0.15) is 5.78 Å². The maximum Gasteiger partial charge on any atom is 0.192 e. The zero-order chi connectivity index (χ0) is 35.9. The summed E-state index contributed by atoms with van der Waals surface area (Å²) in [5.41, 5.74) is 3.27. The number of hydrogen-bond acceptors (Lipinski definition) is 9. The fraction of sp³-hybridized carbons (Fsp3) is 0.452. The van der Waals surface area contributed by atoms with Crippen LogP contribution in [0.25, 0.3) is 49.2 Å². The summed E-state index contributed by atoms with van der Waals surface area (Å²) < 4.78 is 5.89. The van der Waals surface area contributed by atoms with Gasteiger partial charge in [-0.05, 0) is 102 Å². The Labute approximate surface area is 295 Å². The number of rotatable bonds is 8. The van der Waals surface area contributed by atoms with Crippen LogP contribution in [0.2, 0.25) is 0 Å². The van der Waals surface area contributed by atoms with Gasteiger partial charge in [-0.3, -0.25) is 14.4 Å². The third-order valence-electron chi connectivity index (χ3n) is 12.2. The molecule has 2 fully saturated rings. The maximum absolute atomic E-state index is 15.3. The van der Waals surface area contributed by atoms with E-state index in [1.54, 1.807) is 0 Å². The average Bonchev–Trinajstić information content (AvgIpc) is 3.25. The molecule has 0 aliphatic heterocycles. The number of hydrogen-bond donors (Lipinski definition) is 5. The molecule has 5 aromatic rings. The van der Waals surface area contributed by atoms with E-state index in [2.05, 4.69) is 5.32 Å². The van der Waals surface area contributed by atoms with Crippen LogP contribution >= 0.6 is 0 Å². The van der Waals surface area contributed by atoms with Crippen LogP contribution in [0.3, 0.4) is 0 Å². The Bertz CT molecular complexity index is 2380. The lowest BCUT2D eigenvalue weighted by Crippen LogP contribution is -2.29. The highest BCUT2D eigenvalue weighted by atomic mass is 16.5. The quantitative estimate of drug-likeness (QED) is 0.0904. The molecule has 0 saturated heterocycles. The van der Waals surface area contributed by atoms with E-state index in [1.807, 2.05) is 19.1 Å². The summed E-state index contributed by atoms with van der Waals surface area (Å²) in [6.07, 6.45) is 10.3. The van der Waals surface area contributed by atoms with Gasteiger partial charge in [-0.25, -0.2) is 0 Å². The van der Waals surface area contributed by atoms with Crippen LogP contribution < -0.4 is 20.9 Å². The number of fused-ring (bicyclic) bond motifs is 1. The van der Waals surface area contributed by atoms with Crippen molar-refractivity contribution in [2.45, 2.75) is 109 Å². The molecule has 5 aromatic carbocycles. The second kappa shape index (κ2) is 12.7. The first-order valence-electron chi connectivity index (χ1n) is 18.4.